The van der Waals surface area contributed by atoms with Gasteiger partial charge >= 0.3 is 0 Å². The highest BCUT2D eigenvalue weighted by Gasteiger charge is 2.14. The van der Waals surface area contributed by atoms with E-state index in [1.54, 1.807) is 23.5 Å². The highest BCUT2D eigenvalue weighted by Crippen LogP contribution is 2.26. The van der Waals surface area contributed by atoms with Crippen LogP contribution >= 0.6 is 11.8 Å². The van der Waals surface area contributed by atoms with Gasteiger partial charge in [-0.15, -0.1) is 11.8 Å². The molecule has 0 atom stereocenters. The zero-order chi connectivity index (χ0) is 12.1. The van der Waals surface area contributed by atoms with E-state index in [2.05, 4.69) is 28.9 Å². The molecule has 0 radical (unpaired) electrons. The van der Waals surface area contributed by atoms with Crippen LogP contribution in [0.15, 0.2) is 16.2 Å². The van der Waals surface area contributed by atoms with Crippen LogP contribution in [0.3, 0.4) is 0 Å². The fourth-order valence-corrected chi connectivity index (χ4v) is 1.46. The van der Waals surface area contributed by atoms with Crippen LogP contribution in [0.1, 0.15) is 25.3 Å². The number of nitrogens with two attached hydrogens (primary N) is 1. The Morgan fingerprint density at radius 1 is 1.62 bits per heavy atom. The first-order valence-electron chi connectivity index (χ1n) is 4.97. The Morgan fingerprint density at radius 2 is 2.31 bits per heavy atom. The summed E-state index contributed by atoms with van der Waals surface area (Å²) in [6.45, 7) is 4.19. The molecule has 0 amide bonds. The fraction of sp³-hybridized carbons (Fsp3) is 0.500. The van der Waals surface area contributed by atoms with Gasteiger partial charge in [0, 0.05) is 12.6 Å². The van der Waals surface area contributed by atoms with Gasteiger partial charge in [0.1, 0.15) is 0 Å². The zero-order valence-corrected chi connectivity index (χ0v) is 10.8. The van der Waals surface area contributed by atoms with Gasteiger partial charge in [-0.05, 0) is 12.2 Å². The van der Waals surface area contributed by atoms with E-state index in [9.17, 15) is 0 Å². The number of aliphatic imine (C=N–C) groups is 2. The third kappa shape index (κ3) is 2.63. The van der Waals surface area contributed by atoms with Crippen molar-refractivity contribution < 1.29 is 0 Å². The SMILES string of the molecule is CN=C(N)n1ncc(C(C)C)c1N=CSC. The Morgan fingerprint density at radius 3 is 2.81 bits per heavy atom. The molecular weight excluding hydrogens is 222 g/mol. The van der Waals surface area contributed by atoms with E-state index in [4.69, 9.17) is 5.73 Å². The molecule has 0 saturated heterocycles. The molecule has 6 heteroatoms. The number of nitrogens with zero attached hydrogens (tertiary/aromatic N) is 4. The molecule has 5 nitrogen and oxygen atoms in total. The van der Waals surface area contributed by atoms with Crippen LogP contribution in [0.5, 0.6) is 0 Å². The zero-order valence-electron chi connectivity index (χ0n) is 10.0. The van der Waals surface area contributed by atoms with Gasteiger partial charge in [0.15, 0.2) is 5.82 Å². The van der Waals surface area contributed by atoms with Gasteiger partial charge in [0.2, 0.25) is 5.96 Å². The van der Waals surface area contributed by atoms with Crippen LogP contribution in [-0.4, -0.2) is 34.6 Å². The number of hydrogen-bond donors (Lipinski definition) is 1. The van der Waals surface area contributed by atoms with E-state index in [0.29, 0.717) is 11.9 Å². The lowest BCUT2D eigenvalue weighted by Crippen LogP contribution is -2.23. The number of aromatic nitrogens is 2. The van der Waals surface area contributed by atoms with Gasteiger partial charge in [-0.3, -0.25) is 4.99 Å². The normalized spacial score (nSPS) is 12.9. The molecule has 0 unspecified atom stereocenters. The molecule has 1 aromatic rings. The van der Waals surface area contributed by atoms with Crippen LogP contribution < -0.4 is 5.73 Å². The number of thioether (sulfide) groups is 1. The van der Waals surface area contributed by atoms with Gasteiger partial charge in [0.05, 0.1) is 11.7 Å². The van der Waals surface area contributed by atoms with Crippen molar-refractivity contribution in [2.24, 2.45) is 15.7 Å². The summed E-state index contributed by atoms with van der Waals surface area (Å²) >= 11 is 1.53. The van der Waals surface area contributed by atoms with Crippen molar-refractivity contribution in [1.82, 2.24) is 9.78 Å². The number of hydrogen-bond acceptors (Lipinski definition) is 4. The summed E-state index contributed by atoms with van der Waals surface area (Å²) in [4.78, 5) is 8.27. The molecule has 0 fully saturated rings. The second-order valence-electron chi connectivity index (χ2n) is 3.54. The van der Waals surface area contributed by atoms with Gasteiger partial charge in [0.25, 0.3) is 0 Å². The minimum Gasteiger partial charge on any atom is -0.368 e. The van der Waals surface area contributed by atoms with E-state index >= 15 is 0 Å². The third-order valence-electron chi connectivity index (χ3n) is 2.12. The largest absolute Gasteiger partial charge is 0.368 e. The van der Waals surface area contributed by atoms with Gasteiger partial charge in [-0.25, -0.2) is 4.99 Å². The smallest absolute Gasteiger partial charge is 0.218 e. The van der Waals surface area contributed by atoms with Gasteiger partial charge < -0.3 is 5.73 Å². The third-order valence-corrected chi connectivity index (χ3v) is 2.44. The summed E-state index contributed by atoms with van der Waals surface area (Å²) in [7, 11) is 1.63. The van der Waals surface area contributed by atoms with Crippen LogP contribution in [-0.2, 0) is 0 Å². The van der Waals surface area contributed by atoms with Crippen molar-refractivity contribution in [3.05, 3.63) is 11.8 Å². The molecule has 0 aliphatic carbocycles. The molecule has 0 spiro atoms. The van der Waals surface area contributed by atoms with Gasteiger partial charge in [-0.2, -0.15) is 9.78 Å². The van der Waals surface area contributed by atoms with Crippen LogP contribution in [0.2, 0.25) is 0 Å². The predicted octanol–water partition coefficient (Wildman–Crippen LogP) is 1.82. The Hall–Kier alpha value is -1.30. The van der Waals surface area contributed by atoms with Crippen molar-refractivity contribution in [3.63, 3.8) is 0 Å². The van der Waals surface area contributed by atoms with Crippen molar-refractivity contribution >= 4 is 29.1 Å². The maximum atomic E-state index is 5.75. The lowest BCUT2D eigenvalue weighted by Gasteiger charge is -2.05. The molecule has 88 valence electrons. The first kappa shape index (κ1) is 12.8. The summed E-state index contributed by atoms with van der Waals surface area (Å²) < 4.78 is 1.56. The summed E-state index contributed by atoms with van der Waals surface area (Å²) in [5.41, 5.74) is 8.58. The minimum atomic E-state index is 0.347. The summed E-state index contributed by atoms with van der Waals surface area (Å²) in [6, 6.07) is 0. The molecule has 1 aromatic heterocycles. The van der Waals surface area contributed by atoms with Crippen molar-refractivity contribution in [2.75, 3.05) is 13.3 Å². The average Bonchev–Trinajstić information content (AvgIpc) is 2.68. The maximum absolute atomic E-state index is 5.75. The molecule has 16 heavy (non-hydrogen) atoms. The Bertz CT molecular complexity index is 405. The van der Waals surface area contributed by atoms with Gasteiger partial charge in [-0.1, -0.05) is 13.8 Å². The Balaban J connectivity index is 3.24. The van der Waals surface area contributed by atoms with Crippen LogP contribution in [0.25, 0.3) is 0 Å². The molecule has 0 aliphatic heterocycles. The van der Waals surface area contributed by atoms with E-state index in [1.165, 1.54) is 11.8 Å². The van der Waals surface area contributed by atoms with Crippen molar-refractivity contribution in [3.8, 4) is 0 Å². The summed E-state index contributed by atoms with van der Waals surface area (Å²) in [6.07, 6.45) is 3.74. The predicted molar refractivity (Wildman–Crippen MR) is 70.9 cm³/mol. The second-order valence-corrected chi connectivity index (χ2v) is 4.22. The molecule has 0 aliphatic rings. The van der Waals surface area contributed by atoms with Crippen molar-refractivity contribution in [2.45, 2.75) is 19.8 Å². The number of rotatable bonds is 3. The van der Waals surface area contributed by atoms with E-state index in [1.807, 2.05) is 6.26 Å². The average molecular weight is 239 g/mol. The highest BCUT2D eigenvalue weighted by atomic mass is 32.2. The highest BCUT2D eigenvalue weighted by molar-refractivity contribution is 8.11. The summed E-state index contributed by atoms with van der Waals surface area (Å²) in [5, 5.41) is 4.20. The monoisotopic (exact) mass is 239 g/mol. The van der Waals surface area contributed by atoms with Crippen LogP contribution in [0, 0.1) is 0 Å². The molecule has 0 saturated carbocycles. The van der Waals surface area contributed by atoms with E-state index < -0.39 is 0 Å². The Labute approximate surface area is 99.8 Å². The van der Waals surface area contributed by atoms with Crippen LogP contribution in [0.4, 0.5) is 5.82 Å². The molecular formula is C10H17N5S. The fourth-order valence-electron chi connectivity index (χ4n) is 1.26. The lowest BCUT2D eigenvalue weighted by atomic mass is 10.1. The Kier molecular flexibility index (Phi) is 4.54. The maximum Gasteiger partial charge on any atom is 0.218 e. The quantitative estimate of drug-likeness (QED) is 0.646. The molecule has 1 heterocycles. The summed E-state index contributed by atoms with van der Waals surface area (Å²) in [5.74, 6) is 1.46. The molecule has 0 bridgehead atoms. The standard InChI is InChI=1S/C10H17N5S/c1-7(2)8-5-14-15(10(11)12-3)9(8)13-6-16-4/h5-7H,1-4H3,(H2,11,12). The first-order chi connectivity index (χ1) is 7.61. The lowest BCUT2D eigenvalue weighted by molar-refractivity contribution is 0.865. The van der Waals surface area contributed by atoms with E-state index in [0.717, 1.165) is 11.4 Å². The second kappa shape index (κ2) is 5.69. The topological polar surface area (TPSA) is 68.6 Å². The minimum absolute atomic E-state index is 0.347. The van der Waals surface area contributed by atoms with E-state index in [-0.39, 0.29) is 0 Å². The van der Waals surface area contributed by atoms with Crippen molar-refractivity contribution in [1.29, 1.82) is 0 Å². The molecule has 2 N–H and O–H groups in total. The first-order valence-corrected chi connectivity index (χ1v) is 6.26. The molecule has 1 rings (SSSR count). The molecule has 0 aromatic carbocycles.